The monoisotopic (exact) mass is 263 g/mol. The molecule has 0 aliphatic carbocycles. The molecule has 2 rings (SSSR count). The van der Waals surface area contributed by atoms with Crippen LogP contribution in [-0.4, -0.2) is 41.2 Å². The molecule has 1 fully saturated rings. The molecule has 1 heterocycles. The molecule has 1 aromatic carbocycles. The number of nitrogens with zero attached hydrogens (tertiary/aromatic N) is 2. The Kier molecular flexibility index (Phi) is 4.07. The van der Waals surface area contributed by atoms with Crippen LogP contribution < -0.4 is 5.73 Å². The highest BCUT2D eigenvalue weighted by molar-refractivity contribution is 5.97. The fraction of sp³-hybridized carbons (Fsp3) is 0.500. The van der Waals surface area contributed by atoms with Crippen molar-refractivity contribution in [2.75, 3.05) is 19.7 Å². The number of ether oxygens (including phenoxy) is 1. The van der Waals surface area contributed by atoms with Gasteiger partial charge in [-0.05, 0) is 25.5 Å². The SMILES string of the molecule is CC1(C)CN(Cc2cccc(/C(N)=N/O)c2)CCO1. The molecule has 5 heteroatoms. The van der Waals surface area contributed by atoms with Gasteiger partial charge in [0.2, 0.25) is 0 Å². The third-order valence-corrected chi connectivity index (χ3v) is 3.24. The molecule has 0 atom stereocenters. The second kappa shape index (κ2) is 5.59. The van der Waals surface area contributed by atoms with E-state index in [9.17, 15) is 0 Å². The lowest BCUT2D eigenvalue weighted by Gasteiger charge is -2.38. The van der Waals surface area contributed by atoms with Crippen molar-refractivity contribution >= 4 is 5.84 Å². The Labute approximate surface area is 113 Å². The smallest absolute Gasteiger partial charge is 0.170 e. The number of amidine groups is 1. The summed E-state index contributed by atoms with van der Waals surface area (Å²) in [7, 11) is 0. The van der Waals surface area contributed by atoms with Crippen LogP contribution in [0.2, 0.25) is 0 Å². The molecule has 0 bridgehead atoms. The predicted molar refractivity (Wildman–Crippen MR) is 74.3 cm³/mol. The van der Waals surface area contributed by atoms with Crippen LogP contribution in [0.5, 0.6) is 0 Å². The number of hydrogen-bond acceptors (Lipinski definition) is 4. The van der Waals surface area contributed by atoms with Crippen LogP contribution in [0.15, 0.2) is 29.4 Å². The highest BCUT2D eigenvalue weighted by Gasteiger charge is 2.26. The quantitative estimate of drug-likeness (QED) is 0.374. The normalized spacial score (nSPS) is 20.4. The van der Waals surface area contributed by atoms with Gasteiger partial charge in [-0.2, -0.15) is 0 Å². The minimum atomic E-state index is -0.0958. The van der Waals surface area contributed by atoms with Gasteiger partial charge < -0.3 is 15.7 Å². The van der Waals surface area contributed by atoms with E-state index in [1.807, 2.05) is 18.2 Å². The van der Waals surface area contributed by atoms with Gasteiger partial charge in [0, 0.05) is 25.2 Å². The summed E-state index contributed by atoms with van der Waals surface area (Å²) in [6.07, 6.45) is 0. The predicted octanol–water partition coefficient (Wildman–Crippen LogP) is 1.39. The van der Waals surface area contributed by atoms with Crippen LogP contribution in [0, 0.1) is 0 Å². The Morgan fingerprint density at radius 2 is 2.32 bits per heavy atom. The van der Waals surface area contributed by atoms with Crippen LogP contribution in [-0.2, 0) is 11.3 Å². The molecule has 0 unspecified atom stereocenters. The van der Waals surface area contributed by atoms with Crippen molar-refractivity contribution < 1.29 is 9.94 Å². The second-order valence-electron chi connectivity index (χ2n) is 5.50. The van der Waals surface area contributed by atoms with Crippen LogP contribution >= 0.6 is 0 Å². The molecular formula is C14H21N3O2. The van der Waals surface area contributed by atoms with E-state index >= 15 is 0 Å². The summed E-state index contributed by atoms with van der Waals surface area (Å²) in [6, 6.07) is 7.77. The third-order valence-electron chi connectivity index (χ3n) is 3.24. The van der Waals surface area contributed by atoms with Gasteiger partial charge in [0.1, 0.15) is 0 Å². The summed E-state index contributed by atoms with van der Waals surface area (Å²) in [4.78, 5) is 2.36. The van der Waals surface area contributed by atoms with Gasteiger partial charge in [-0.15, -0.1) is 0 Å². The molecule has 3 N–H and O–H groups in total. The summed E-state index contributed by atoms with van der Waals surface area (Å²) >= 11 is 0. The maximum absolute atomic E-state index is 8.71. The van der Waals surface area contributed by atoms with Gasteiger partial charge in [-0.25, -0.2) is 0 Å². The van der Waals surface area contributed by atoms with Crippen molar-refractivity contribution in [1.82, 2.24) is 4.90 Å². The van der Waals surface area contributed by atoms with E-state index in [1.165, 1.54) is 0 Å². The molecule has 0 saturated carbocycles. The van der Waals surface area contributed by atoms with E-state index in [4.69, 9.17) is 15.7 Å². The van der Waals surface area contributed by atoms with Gasteiger partial charge >= 0.3 is 0 Å². The van der Waals surface area contributed by atoms with E-state index in [1.54, 1.807) is 0 Å². The number of nitrogens with two attached hydrogens (primary N) is 1. The van der Waals surface area contributed by atoms with Crippen molar-refractivity contribution in [2.24, 2.45) is 10.9 Å². The lowest BCUT2D eigenvalue weighted by atomic mass is 10.1. The number of morpholine rings is 1. The highest BCUT2D eigenvalue weighted by Crippen LogP contribution is 2.18. The molecule has 5 nitrogen and oxygen atoms in total. The third kappa shape index (κ3) is 3.68. The highest BCUT2D eigenvalue weighted by atomic mass is 16.5. The van der Waals surface area contributed by atoms with Crippen molar-refractivity contribution in [3.63, 3.8) is 0 Å². The molecule has 0 radical (unpaired) electrons. The Bertz CT molecular complexity index is 472. The topological polar surface area (TPSA) is 71.1 Å². The Morgan fingerprint density at radius 3 is 3.00 bits per heavy atom. The summed E-state index contributed by atoms with van der Waals surface area (Å²) < 4.78 is 5.70. The summed E-state index contributed by atoms with van der Waals surface area (Å²) in [6.45, 7) is 7.64. The average molecular weight is 263 g/mol. The van der Waals surface area contributed by atoms with E-state index in [2.05, 4.69) is 30.0 Å². The molecule has 19 heavy (non-hydrogen) atoms. The maximum atomic E-state index is 8.71. The first-order valence-corrected chi connectivity index (χ1v) is 6.43. The standard InChI is InChI=1S/C14H21N3O2/c1-14(2)10-17(6-7-19-14)9-11-4-3-5-12(8-11)13(15)16-18/h3-5,8,18H,6-7,9-10H2,1-2H3,(H2,15,16). The first-order valence-electron chi connectivity index (χ1n) is 6.43. The van der Waals surface area contributed by atoms with E-state index in [0.717, 1.165) is 37.4 Å². The summed E-state index contributed by atoms with van der Waals surface area (Å²) in [5.41, 5.74) is 7.41. The lowest BCUT2D eigenvalue weighted by Crippen LogP contribution is -2.47. The molecule has 1 saturated heterocycles. The molecule has 0 aromatic heterocycles. The van der Waals surface area contributed by atoms with E-state index in [0.29, 0.717) is 0 Å². The van der Waals surface area contributed by atoms with Crippen molar-refractivity contribution in [2.45, 2.75) is 26.0 Å². The van der Waals surface area contributed by atoms with Crippen LogP contribution in [0.4, 0.5) is 0 Å². The van der Waals surface area contributed by atoms with E-state index in [-0.39, 0.29) is 11.4 Å². The summed E-state index contributed by atoms with van der Waals surface area (Å²) in [5.74, 6) is 0.143. The summed E-state index contributed by atoms with van der Waals surface area (Å²) in [5, 5.41) is 11.7. The number of oxime groups is 1. The van der Waals surface area contributed by atoms with Gasteiger partial charge in [0.05, 0.1) is 12.2 Å². The Hall–Kier alpha value is -1.59. The Morgan fingerprint density at radius 1 is 1.53 bits per heavy atom. The number of benzene rings is 1. The van der Waals surface area contributed by atoms with Crippen LogP contribution in [0.25, 0.3) is 0 Å². The fourth-order valence-electron chi connectivity index (χ4n) is 2.39. The van der Waals surface area contributed by atoms with Gasteiger partial charge in [0.25, 0.3) is 0 Å². The first-order chi connectivity index (χ1) is 9.00. The van der Waals surface area contributed by atoms with Crippen LogP contribution in [0.1, 0.15) is 25.0 Å². The van der Waals surface area contributed by atoms with Gasteiger partial charge in [-0.1, -0.05) is 23.4 Å². The zero-order valence-corrected chi connectivity index (χ0v) is 11.5. The zero-order chi connectivity index (χ0) is 13.9. The van der Waals surface area contributed by atoms with Crippen molar-refractivity contribution in [1.29, 1.82) is 0 Å². The first kappa shape index (κ1) is 13.8. The molecule has 1 aromatic rings. The van der Waals surface area contributed by atoms with E-state index < -0.39 is 0 Å². The largest absolute Gasteiger partial charge is 0.409 e. The van der Waals surface area contributed by atoms with Gasteiger partial charge in [-0.3, -0.25) is 4.90 Å². The average Bonchev–Trinajstić information content (AvgIpc) is 2.37. The Balaban J connectivity index is 2.07. The fourth-order valence-corrected chi connectivity index (χ4v) is 2.39. The molecule has 1 aliphatic heterocycles. The zero-order valence-electron chi connectivity index (χ0n) is 11.5. The molecule has 0 amide bonds. The van der Waals surface area contributed by atoms with Crippen molar-refractivity contribution in [3.8, 4) is 0 Å². The van der Waals surface area contributed by atoms with Gasteiger partial charge in [0.15, 0.2) is 5.84 Å². The molecule has 0 spiro atoms. The molecule has 104 valence electrons. The number of rotatable bonds is 3. The van der Waals surface area contributed by atoms with Crippen LogP contribution in [0.3, 0.4) is 0 Å². The second-order valence-corrected chi connectivity index (χ2v) is 5.50. The minimum absolute atomic E-state index is 0.0958. The maximum Gasteiger partial charge on any atom is 0.170 e. The molecular weight excluding hydrogens is 242 g/mol. The number of hydrogen-bond donors (Lipinski definition) is 2. The minimum Gasteiger partial charge on any atom is -0.409 e. The lowest BCUT2D eigenvalue weighted by molar-refractivity contribution is -0.0882. The molecule has 1 aliphatic rings. The van der Waals surface area contributed by atoms with Crippen molar-refractivity contribution in [3.05, 3.63) is 35.4 Å².